The Labute approximate surface area is 174 Å². The van der Waals surface area contributed by atoms with Crippen molar-refractivity contribution in [3.63, 3.8) is 0 Å². The van der Waals surface area contributed by atoms with Crippen LogP contribution in [-0.4, -0.2) is 36.7 Å². The van der Waals surface area contributed by atoms with E-state index in [0.29, 0.717) is 24.8 Å². The number of anilines is 1. The molecule has 3 rings (SSSR count). The Morgan fingerprint density at radius 1 is 1.28 bits per heavy atom. The molecule has 1 aliphatic heterocycles. The summed E-state index contributed by atoms with van der Waals surface area (Å²) in [5.74, 6) is 1.75. The van der Waals surface area contributed by atoms with E-state index in [4.69, 9.17) is 4.52 Å². The van der Waals surface area contributed by atoms with Gasteiger partial charge in [-0.3, -0.25) is 4.79 Å². The van der Waals surface area contributed by atoms with E-state index in [9.17, 15) is 4.79 Å². The minimum absolute atomic E-state index is 0.139. The maximum atomic E-state index is 12.4. The van der Waals surface area contributed by atoms with E-state index in [-0.39, 0.29) is 11.4 Å². The van der Waals surface area contributed by atoms with Crippen LogP contribution >= 0.6 is 0 Å². The number of piperidine rings is 1. The number of aromatic nitrogens is 1. The summed E-state index contributed by atoms with van der Waals surface area (Å²) in [4.78, 5) is 14.6. The Morgan fingerprint density at radius 2 is 2.03 bits per heavy atom. The van der Waals surface area contributed by atoms with E-state index in [1.165, 1.54) is 0 Å². The second-order valence-corrected chi connectivity index (χ2v) is 9.20. The van der Waals surface area contributed by atoms with Gasteiger partial charge in [0.05, 0.1) is 12.2 Å². The zero-order valence-corrected chi connectivity index (χ0v) is 18.1. The van der Waals surface area contributed by atoms with Gasteiger partial charge in [0, 0.05) is 30.8 Å². The molecule has 158 valence electrons. The molecule has 2 N–H and O–H groups in total. The summed E-state index contributed by atoms with van der Waals surface area (Å²) in [5.41, 5.74) is 1.92. The van der Waals surface area contributed by atoms with Crippen LogP contribution in [0.25, 0.3) is 0 Å². The predicted molar refractivity (Wildman–Crippen MR) is 116 cm³/mol. The topological polar surface area (TPSA) is 70.4 Å². The first-order valence-electron chi connectivity index (χ1n) is 10.5. The maximum absolute atomic E-state index is 12.4. The number of carbonyl (C=O) groups is 1. The highest BCUT2D eigenvalue weighted by Crippen LogP contribution is 2.27. The number of amides is 1. The molecule has 1 fully saturated rings. The lowest BCUT2D eigenvalue weighted by molar-refractivity contribution is -0.124. The van der Waals surface area contributed by atoms with Crippen LogP contribution in [0.5, 0.6) is 0 Å². The van der Waals surface area contributed by atoms with Crippen molar-refractivity contribution in [3.05, 3.63) is 47.9 Å². The van der Waals surface area contributed by atoms with Crippen LogP contribution in [0.15, 0.2) is 40.9 Å². The zero-order chi connectivity index (χ0) is 20.9. The molecule has 0 radical (unpaired) electrons. The molecule has 29 heavy (non-hydrogen) atoms. The Kier molecular flexibility index (Phi) is 6.96. The third-order valence-corrected chi connectivity index (χ3v) is 5.40. The van der Waals surface area contributed by atoms with Crippen LogP contribution in [0.2, 0.25) is 0 Å². The molecule has 1 amide bonds. The number of hydrogen-bond donors (Lipinski definition) is 2. The third kappa shape index (κ3) is 6.60. The molecule has 1 aliphatic rings. The number of carbonyl (C=O) groups excluding carboxylic acids is 1. The van der Waals surface area contributed by atoms with Crippen molar-refractivity contribution in [2.45, 2.75) is 52.1 Å². The Bertz CT molecular complexity index is 782. The first kappa shape index (κ1) is 21.4. The van der Waals surface area contributed by atoms with Crippen LogP contribution in [-0.2, 0) is 17.8 Å². The fourth-order valence-corrected chi connectivity index (χ4v) is 3.99. The quantitative estimate of drug-likeness (QED) is 0.748. The molecular formula is C23H34N4O2. The second-order valence-electron chi connectivity index (χ2n) is 9.20. The predicted octanol–water partition coefficient (Wildman–Crippen LogP) is 3.38. The van der Waals surface area contributed by atoms with Gasteiger partial charge in [-0.05, 0) is 70.7 Å². The van der Waals surface area contributed by atoms with Crippen LogP contribution in [0.4, 0.5) is 5.69 Å². The lowest BCUT2D eigenvalue weighted by Crippen LogP contribution is -2.44. The molecule has 1 aromatic carbocycles. The zero-order valence-electron chi connectivity index (χ0n) is 18.1. The third-order valence-electron chi connectivity index (χ3n) is 5.40. The van der Waals surface area contributed by atoms with Gasteiger partial charge in [0.2, 0.25) is 5.91 Å². The molecule has 0 aliphatic carbocycles. The lowest BCUT2D eigenvalue weighted by atomic mass is 9.81. The highest BCUT2D eigenvalue weighted by molar-refractivity contribution is 5.76. The molecule has 2 heterocycles. The summed E-state index contributed by atoms with van der Waals surface area (Å²) < 4.78 is 5.59. The van der Waals surface area contributed by atoms with Crippen molar-refractivity contribution in [3.8, 4) is 0 Å². The van der Waals surface area contributed by atoms with E-state index in [1.807, 2.05) is 46.0 Å². The summed E-state index contributed by atoms with van der Waals surface area (Å²) in [6, 6.07) is 12.3. The van der Waals surface area contributed by atoms with Gasteiger partial charge in [0.1, 0.15) is 0 Å². The number of nitrogens with one attached hydrogen (secondary N) is 2. The van der Waals surface area contributed by atoms with Crippen LogP contribution < -0.4 is 15.5 Å². The minimum Gasteiger partial charge on any atom is -0.367 e. The first-order valence-corrected chi connectivity index (χ1v) is 10.5. The molecule has 0 spiro atoms. The summed E-state index contributed by atoms with van der Waals surface area (Å²) >= 11 is 0. The van der Waals surface area contributed by atoms with Gasteiger partial charge in [0.15, 0.2) is 5.76 Å². The van der Waals surface area contributed by atoms with E-state index < -0.39 is 0 Å². The minimum atomic E-state index is -0.189. The number of nitrogens with zero attached hydrogens (tertiary/aromatic N) is 2. The first-order chi connectivity index (χ1) is 13.8. The Hall–Kier alpha value is -2.34. The summed E-state index contributed by atoms with van der Waals surface area (Å²) in [5, 5.41) is 10.9. The summed E-state index contributed by atoms with van der Waals surface area (Å²) in [6.07, 6.45) is 2.42. The van der Waals surface area contributed by atoms with Gasteiger partial charge in [-0.25, -0.2) is 0 Å². The van der Waals surface area contributed by atoms with Crippen molar-refractivity contribution in [2.24, 2.45) is 11.8 Å². The smallest absolute Gasteiger partial charge is 0.220 e. The molecule has 6 heteroatoms. The maximum Gasteiger partial charge on any atom is 0.220 e. The van der Waals surface area contributed by atoms with Gasteiger partial charge in [-0.15, -0.1) is 0 Å². The van der Waals surface area contributed by atoms with E-state index in [2.05, 4.69) is 38.9 Å². The fraction of sp³-hybridized carbons (Fsp3) is 0.565. The van der Waals surface area contributed by atoms with Crippen LogP contribution in [0.3, 0.4) is 0 Å². The molecule has 0 saturated carbocycles. The normalized spacial score (nSPS) is 19.7. The number of rotatable bonds is 7. The number of benzene rings is 1. The molecule has 1 aromatic heterocycles. The summed E-state index contributed by atoms with van der Waals surface area (Å²) in [6.45, 7) is 8.63. The van der Waals surface area contributed by atoms with Gasteiger partial charge in [-0.2, -0.15) is 0 Å². The Morgan fingerprint density at radius 3 is 2.76 bits per heavy atom. The van der Waals surface area contributed by atoms with Gasteiger partial charge < -0.3 is 20.1 Å². The highest BCUT2D eigenvalue weighted by atomic mass is 16.5. The average Bonchev–Trinajstić information content (AvgIpc) is 3.09. The average molecular weight is 399 g/mol. The van der Waals surface area contributed by atoms with Crippen LogP contribution in [0, 0.1) is 11.8 Å². The monoisotopic (exact) mass is 398 g/mol. The molecule has 1 saturated heterocycles. The van der Waals surface area contributed by atoms with Crippen molar-refractivity contribution in [2.75, 3.05) is 25.0 Å². The van der Waals surface area contributed by atoms with Crippen molar-refractivity contribution < 1.29 is 9.32 Å². The van der Waals surface area contributed by atoms with E-state index >= 15 is 0 Å². The highest BCUT2D eigenvalue weighted by Gasteiger charge is 2.29. The second kappa shape index (κ2) is 9.44. The fourth-order valence-electron chi connectivity index (χ4n) is 3.99. The summed E-state index contributed by atoms with van der Waals surface area (Å²) in [7, 11) is 2.05. The molecule has 0 unspecified atom stereocenters. The Balaban J connectivity index is 1.57. The molecule has 2 aromatic rings. The van der Waals surface area contributed by atoms with Crippen molar-refractivity contribution >= 4 is 11.6 Å². The number of para-hydroxylation sites is 1. The van der Waals surface area contributed by atoms with Gasteiger partial charge in [-0.1, -0.05) is 23.4 Å². The van der Waals surface area contributed by atoms with Gasteiger partial charge >= 0.3 is 0 Å². The largest absolute Gasteiger partial charge is 0.367 e. The van der Waals surface area contributed by atoms with E-state index in [0.717, 1.165) is 43.1 Å². The lowest BCUT2D eigenvalue weighted by Gasteiger charge is -2.32. The molecule has 0 bridgehead atoms. The molecule has 2 atom stereocenters. The van der Waals surface area contributed by atoms with Crippen LogP contribution in [0.1, 0.15) is 45.1 Å². The molecule has 6 nitrogen and oxygen atoms in total. The molecular weight excluding hydrogens is 364 g/mol. The number of hydrogen-bond acceptors (Lipinski definition) is 5. The van der Waals surface area contributed by atoms with E-state index in [1.54, 1.807) is 0 Å². The SMILES string of the molecule is CN(Cc1cc(C[C@H]2CNCC[C@H]2CC(=O)NC(C)(C)C)no1)c1ccccc1. The standard InChI is InChI=1S/C23H34N4O2/c1-23(2,3)25-22(28)13-17-10-11-24-15-18(17)12-19-14-21(29-26-19)16-27(4)20-8-6-5-7-9-20/h5-9,14,17-18,24H,10-13,15-16H2,1-4H3,(H,25,28)/t17-,18-/m0/s1. The van der Waals surface area contributed by atoms with Crippen molar-refractivity contribution in [1.82, 2.24) is 15.8 Å². The van der Waals surface area contributed by atoms with Gasteiger partial charge in [0.25, 0.3) is 0 Å². The van der Waals surface area contributed by atoms with Crippen molar-refractivity contribution in [1.29, 1.82) is 0 Å².